The Kier molecular flexibility index (Phi) is 7.22. The molecule has 2 aromatic carbocycles. The number of nitrogens with one attached hydrogen (secondary N) is 1. The fourth-order valence-electron chi connectivity index (χ4n) is 2.07. The first-order chi connectivity index (χ1) is 12.1. The van der Waals surface area contributed by atoms with Crippen LogP contribution in [-0.4, -0.2) is 25.8 Å². The lowest BCUT2D eigenvalue weighted by Crippen LogP contribution is -2.24. The number of carbonyl (C=O) groups is 1. The summed E-state index contributed by atoms with van der Waals surface area (Å²) in [6.07, 6.45) is 4.11. The Labute approximate surface area is 155 Å². The lowest BCUT2D eigenvalue weighted by Gasteiger charge is -2.11. The quantitative estimate of drug-likeness (QED) is 0.415. The molecule has 0 fully saturated rings. The molecule has 0 aliphatic rings. The fraction of sp³-hybridized carbons (Fsp3) is 0.158. The van der Waals surface area contributed by atoms with Gasteiger partial charge < -0.3 is 9.47 Å². The molecule has 0 aliphatic carbocycles. The smallest absolute Gasteiger partial charge is 0.277 e. The van der Waals surface area contributed by atoms with Gasteiger partial charge in [0.15, 0.2) is 18.1 Å². The number of allylic oxidation sites excluding steroid dienone is 1. The fourth-order valence-corrected chi connectivity index (χ4v) is 2.48. The molecule has 0 aromatic heterocycles. The Bertz CT molecular complexity index is 775. The number of carbonyl (C=O) groups excluding carboxylic acids is 1. The van der Waals surface area contributed by atoms with E-state index < -0.39 is 0 Å². The maximum atomic E-state index is 11.8. The SMILES string of the molecule is C=CCc1ccc(OCC(=O)NN=Cc2cccc(Br)c2)c(OC)c1. The van der Waals surface area contributed by atoms with E-state index in [-0.39, 0.29) is 12.5 Å². The van der Waals surface area contributed by atoms with Crippen molar-refractivity contribution in [1.82, 2.24) is 5.43 Å². The van der Waals surface area contributed by atoms with Crippen LogP contribution in [0.3, 0.4) is 0 Å². The van der Waals surface area contributed by atoms with Crippen molar-refractivity contribution >= 4 is 28.1 Å². The summed E-state index contributed by atoms with van der Waals surface area (Å²) in [6.45, 7) is 3.55. The average molecular weight is 403 g/mol. The van der Waals surface area contributed by atoms with Gasteiger partial charge in [-0.05, 0) is 41.8 Å². The van der Waals surface area contributed by atoms with Crippen LogP contribution >= 0.6 is 15.9 Å². The molecule has 0 bridgehead atoms. The number of nitrogens with zero attached hydrogens (tertiary/aromatic N) is 1. The van der Waals surface area contributed by atoms with Crippen molar-refractivity contribution in [3.8, 4) is 11.5 Å². The van der Waals surface area contributed by atoms with Crippen LogP contribution in [0.5, 0.6) is 11.5 Å². The molecule has 0 heterocycles. The number of benzene rings is 2. The molecular formula is C19H19BrN2O3. The predicted molar refractivity (Wildman–Crippen MR) is 102 cm³/mol. The van der Waals surface area contributed by atoms with Crippen LogP contribution in [0.1, 0.15) is 11.1 Å². The predicted octanol–water partition coefficient (Wildman–Crippen LogP) is 3.72. The molecule has 130 valence electrons. The van der Waals surface area contributed by atoms with E-state index in [2.05, 4.69) is 33.0 Å². The molecule has 25 heavy (non-hydrogen) atoms. The third-order valence-electron chi connectivity index (χ3n) is 3.22. The van der Waals surface area contributed by atoms with Crippen LogP contribution in [-0.2, 0) is 11.2 Å². The molecule has 1 N–H and O–H groups in total. The summed E-state index contributed by atoms with van der Waals surface area (Å²) in [5.41, 5.74) is 4.35. The van der Waals surface area contributed by atoms with E-state index in [9.17, 15) is 4.79 Å². The minimum absolute atomic E-state index is 0.160. The zero-order valence-electron chi connectivity index (χ0n) is 13.9. The lowest BCUT2D eigenvalue weighted by atomic mass is 10.1. The molecule has 0 aliphatic heterocycles. The van der Waals surface area contributed by atoms with Gasteiger partial charge in [-0.3, -0.25) is 4.79 Å². The molecule has 6 heteroatoms. The van der Waals surface area contributed by atoms with E-state index in [1.54, 1.807) is 19.4 Å². The van der Waals surface area contributed by atoms with Crippen LogP contribution in [0.4, 0.5) is 0 Å². The molecule has 0 spiro atoms. The zero-order chi connectivity index (χ0) is 18.1. The first kappa shape index (κ1) is 18.7. The Morgan fingerprint density at radius 1 is 1.28 bits per heavy atom. The molecule has 0 saturated heterocycles. The monoisotopic (exact) mass is 402 g/mol. The van der Waals surface area contributed by atoms with Gasteiger partial charge in [0, 0.05) is 4.47 Å². The summed E-state index contributed by atoms with van der Waals surface area (Å²) in [7, 11) is 1.56. The van der Waals surface area contributed by atoms with Crippen molar-refractivity contribution in [1.29, 1.82) is 0 Å². The van der Waals surface area contributed by atoms with Crippen molar-refractivity contribution in [2.24, 2.45) is 5.10 Å². The van der Waals surface area contributed by atoms with Crippen molar-refractivity contribution in [3.63, 3.8) is 0 Å². The van der Waals surface area contributed by atoms with Gasteiger partial charge in [-0.15, -0.1) is 6.58 Å². The van der Waals surface area contributed by atoms with E-state index in [4.69, 9.17) is 9.47 Å². The number of amides is 1. The standard InChI is InChI=1S/C19H19BrN2O3/c1-3-5-14-8-9-17(18(11-14)24-2)25-13-19(23)22-21-12-15-6-4-7-16(20)10-15/h3-4,6-12H,1,5,13H2,2H3,(H,22,23). The highest BCUT2D eigenvalue weighted by atomic mass is 79.9. The van der Waals surface area contributed by atoms with Gasteiger partial charge >= 0.3 is 0 Å². The molecule has 2 aromatic rings. The first-order valence-electron chi connectivity index (χ1n) is 7.60. The van der Waals surface area contributed by atoms with E-state index in [0.717, 1.165) is 22.0 Å². The molecule has 0 saturated carbocycles. The third-order valence-corrected chi connectivity index (χ3v) is 3.71. The van der Waals surface area contributed by atoms with E-state index in [1.165, 1.54) is 0 Å². The van der Waals surface area contributed by atoms with E-state index >= 15 is 0 Å². The topological polar surface area (TPSA) is 59.9 Å². The summed E-state index contributed by atoms with van der Waals surface area (Å²) >= 11 is 3.38. The lowest BCUT2D eigenvalue weighted by molar-refractivity contribution is -0.123. The van der Waals surface area contributed by atoms with Gasteiger partial charge in [0.25, 0.3) is 5.91 Å². The molecule has 0 unspecified atom stereocenters. The van der Waals surface area contributed by atoms with Gasteiger partial charge in [0.1, 0.15) is 0 Å². The number of rotatable bonds is 8. The number of methoxy groups -OCH3 is 1. The maximum absolute atomic E-state index is 11.8. The average Bonchev–Trinajstić information content (AvgIpc) is 2.61. The normalized spacial score (nSPS) is 10.5. The number of hydrazone groups is 1. The summed E-state index contributed by atoms with van der Waals surface area (Å²) in [4.78, 5) is 11.8. The highest BCUT2D eigenvalue weighted by Crippen LogP contribution is 2.28. The minimum atomic E-state index is -0.358. The van der Waals surface area contributed by atoms with Gasteiger partial charge in [-0.2, -0.15) is 5.10 Å². The maximum Gasteiger partial charge on any atom is 0.277 e. The van der Waals surface area contributed by atoms with Crippen LogP contribution in [0.2, 0.25) is 0 Å². The summed E-state index contributed by atoms with van der Waals surface area (Å²) in [5.74, 6) is 0.717. The van der Waals surface area contributed by atoms with Crippen molar-refractivity contribution in [2.75, 3.05) is 13.7 Å². The van der Waals surface area contributed by atoms with Crippen LogP contribution in [0.15, 0.2) is 64.7 Å². The van der Waals surface area contributed by atoms with Crippen molar-refractivity contribution in [3.05, 3.63) is 70.7 Å². The van der Waals surface area contributed by atoms with Gasteiger partial charge in [-0.25, -0.2) is 5.43 Å². The van der Waals surface area contributed by atoms with Gasteiger partial charge in [0.05, 0.1) is 13.3 Å². The molecular weight excluding hydrogens is 384 g/mol. The minimum Gasteiger partial charge on any atom is -0.493 e. The van der Waals surface area contributed by atoms with Crippen molar-refractivity contribution in [2.45, 2.75) is 6.42 Å². The molecule has 5 nitrogen and oxygen atoms in total. The molecule has 0 atom stereocenters. The van der Waals surface area contributed by atoms with Gasteiger partial charge in [-0.1, -0.05) is 40.2 Å². The summed E-state index contributed by atoms with van der Waals surface area (Å²) in [5, 5.41) is 3.91. The Hall–Kier alpha value is -2.60. The van der Waals surface area contributed by atoms with Gasteiger partial charge in [0.2, 0.25) is 0 Å². The number of halogens is 1. The summed E-state index contributed by atoms with van der Waals surface area (Å²) < 4.78 is 11.7. The Balaban J connectivity index is 1.88. The van der Waals surface area contributed by atoms with Crippen molar-refractivity contribution < 1.29 is 14.3 Å². The molecule has 0 radical (unpaired) electrons. The second-order valence-corrected chi connectivity index (χ2v) is 6.03. The molecule has 2 rings (SSSR count). The number of hydrogen-bond acceptors (Lipinski definition) is 4. The van der Waals surface area contributed by atoms with E-state index in [0.29, 0.717) is 11.5 Å². The van der Waals surface area contributed by atoms with E-state index in [1.807, 2.05) is 42.5 Å². The van der Waals surface area contributed by atoms with Crippen LogP contribution in [0, 0.1) is 0 Å². The first-order valence-corrected chi connectivity index (χ1v) is 8.39. The highest BCUT2D eigenvalue weighted by Gasteiger charge is 2.08. The summed E-state index contributed by atoms with van der Waals surface area (Å²) in [6, 6.07) is 13.1. The Morgan fingerprint density at radius 2 is 2.12 bits per heavy atom. The highest BCUT2D eigenvalue weighted by molar-refractivity contribution is 9.10. The largest absolute Gasteiger partial charge is 0.493 e. The van der Waals surface area contributed by atoms with Crippen LogP contribution in [0.25, 0.3) is 0 Å². The van der Waals surface area contributed by atoms with Crippen LogP contribution < -0.4 is 14.9 Å². The second-order valence-electron chi connectivity index (χ2n) is 5.11. The Morgan fingerprint density at radius 3 is 2.84 bits per heavy atom. The number of hydrogen-bond donors (Lipinski definition) is 1. The molecule has 1 amide bonds. The zero-order valence-corrected chi connectivity index (χ0v) is 15.5. The third kappa shape index (κ3) is 6.08. The number of ether oxygens (including phenoxy) is 2. The second kappa shape index (κ2) is 9.64.